The van der Waals surface area contributed by atoms with E-state index in [2.05, 4.69) is 27.2 Å². The molecule has 0 aliphatic heterocycles. The number of nitrogens with one attached hydrogen (secondary N) is 1. The summed E-state index contributed by atoms with van der Waals surface area (Å²) < 4.78 is 1.64. The minimum atomic E-state index is -0.243. The highest BCUT2D eigenvalue weighted by molar-refractivity contribution is 6.04. The average molecular weight is 269 g/mol. The molecule has 0 spiro atoms. The number of carbonyl (C=O) groups excluding carboxylic acids is 1. The molecule has 0 atom stereocenters. The van der Waals surface area contributed by atoms with Gasteiger partial charge in [-0.05, 0) is 19.1 Å². The van der Waals surface area contributed by atoms with Crippen LogP contribution >= 0.6 is 0 Å². The van der Waals surface area contributed by atoms with Gasteiger partial charge in [0.1, 0.15) is 5.82 Å². The summed E-state index contributed by atoms with van der Waals surface area (Å²) in [6.07, 6.45) is 3.12. The molecule has 20 heavy (non-hydrogen) atoms. The zero-order chi connectivity index (χ0) is 14.5. The molecule has 0 bridgehead atoms. The van der Waals surface area contributed by atoms with E-state index in [1.54, 1.807) is 30.1 Å². The summed E-state index contributed by atoms with van der Waals surface area (Å²) in [5.74, 6) is 5.85. The molecule has 0 aliphatic carbocycles. The van der Waals surface area contributed by atoms with Crippen LogP contribution in [0.1, 0.15) is 21.6 Å². The maximum absolute atomic E-state index is 12.1. The first-order chi connectivity index (χ1) is 9.61. The Morgan fingerprint density at radius 3 is 3.00 bits per heavy atom. The Balaban J connectivity index is 2.18. The lowest BCUT2D eigenvalue weighted by Crippen LogP contribution is -2.14. The highest BCUT2D eigenvalue weighted by Crippen LogP contribution is 2.10. The van der Waals surface area contributed by atoms with Crippen molar-refractivity contribution in [3.8, 4) is 11.8 Å². The summed E-state index contributed by atoms with van der Waals surface area (Å²) in [6, 6.07) is 3.46. The van der Waals surface area contributed by atoms with Gasteiger partial charge in [0.15, 0.2) is 0 Å². The lowest BCUT2D eigenvalue weighted by molar-refractivity contribution is 0.102. The van der Waals surface area contributed by atoms with Crippen molar-refractivity contribution in [2.75, 3.05) is 11.9 Å². The molecule has 2 aromatic rings. The predicted octanol–water partition coefficient (Wildman–Crippen LogP) is 0.686. The lowest BCUT2D eigenvalue weighted by Gasteiger charge is -2.04. The van der Waals surface area contributed by atoms with Crippen molar-refractivity contribution in [3.05, 3.63) is 41.3 Å². The normalized spacial score (nSPS) is 9.75. The van der Waals surface area contributed by atoms with Crippen LogP contribution in [0.15, 0.2) is 24.5 Å². The molecule has 102 valence electrons. The van der Waals surface area contributed by atoms with E-state index in [4.69, 9.17) is 5.73 Å². The van der Waals surface area contributed by atoms with E-state index in [9.17, 15) is 4.79 Å². The molecule has 0 aromatic carbocycles. The van der Waals surface area contributed by atoms with Crippen molar-refractivity contribution in [1.82, 2.24) is 14.8 Å². The minimum absolute atomic E-state index is 0.243. The van der Waals surface area contributed by atoms with Gasteiger partial charge >= 0.3 is 0 Å². The summed E-state index contributed by atoms with van der Waals surface area (Å²) in [5, 5.41) is 6.76. The molecule has 0 aliphatic rings. The number of pyridine rings is 1. The zero-order valence-electron chi connectivity index (χ0n) is 11.3. The Morgan fingerprint density at radius 2 is 2.35 bits per heavy atom. The number of anilines is 1. The zero-order valence-corrected chi connectivity index (χ0v) is 11.3. The second-order valence-corrected chi connectivity index (χ2v) is 4.16. The van der Waals surface area contributed by atoms with E-state index in [1.165, 1.54) is 6.20 Å². The first-order valence-electron chi connectivity index (χ1n) is 6.06. The number of hydrogen-bond donors (Lipinski definition) is 2. The van der Waals surface area contributed by atoms with Gasteiger partial charge in [0.2, 0.25) is 0 Å². The van der Waals surface area contributed by atoms with Crippen molar-refractivity contribution >= 4 is 11.7 Å². The SMILES string of the molecule is Cc1c(C(=O)Nc2cc(C#CCN)ccn2)cnn1C. The van der Waals surface area contributed by atoms with Gasteiger partial charge in [-0.25, -0.2) is 4.98 Å². The third-order valence-electron chi connectivity index (χ3n) is 2.82. The van der Waals surface area contributed by atoms with Crippen molar-refractivity contribution in [3.63, 3.8) is 0 Å². The molecule has 2 rings (SSSR count). The van der Waals surface area contributed by atoms with Crippen LogP contribution in [0.3, 0.4) is 0 Å². The van der Waals surface area contributed by atoms with Crippen LogP contribution < -0.4 is 11.1 Å². The smallest absolute Gasteiger partial charge is 0.260 e. The van der Waals surface area contributed by atoms with Gasteiger partial charge in [0.25, 0.3) is 5.91 Å². The number of carbonyl (C=O) groups is 1. The molecule has 3 N–H and O–H groups in total. The first-order valence-corrected chi connectivity index (χ1v) is 6.06. The van der Waals surface area contributed by atoms with Crippen molar-refractivity contribution in [2.24, 2.45) is 12.8 Å². The summed E-state index contributed by atoms with van der Waals surface area (Å²) >= 11 is 0. The van der Waals surface area contributed by atoms with Crippen molar-refractivity contribution in [2.45, 2.75) is 6.92 Å². The molecule has 0 radical (unpaired) electrons. The number of rotatable bonds is 2. The summed E-state index contributed by atoms with van der Waals surface area (Å²) in [7, 11) is 1.79. The van der Waals surface area contributed by atoms with E-state index in [-0.39, 0.29) is 5.91 Å². The van der Waals surface area contributed by atoms with Crippen LogP contribution in [-0.4, -0.2) is 27.2 Å². The van der Waals surface area contributed by atoms with E-state index < -0.39 is 0 Å². The van der Waals surface area contributed by atoms with E-state index in [0.717, 1.165) is 11.3 Å². The lowest BCUT2D eigenvalue weighted by atomic mass is 10.2. The van der Waals surface area contributed by atoms with Crippen LogP contribution in [0, 0.1) is 18.8 Å². The summed E-state index contributed by atoms with van der Waals surface area (Å²) in [4.78, 5) is 16.2. The van der Waals surface area contributed by atoms with Crippen LogP contribution in [0.2, 0.25) is 0 Å². The first kappa shape index (κ1) is 13.8. The Hall–Kier alpha value is -2.65. The quantitative estimate of drug-likeness (QED) is 0.785. The van der Waals surface area contributed by atoms with Crippen LogP contribution in [0.4, 0.5) is 5.82 Å². The van der Waals surface area contributed by atoms with E-state index in [1.807, 2.05) is 6.92 Å². The number of nitrogens with zero attached hydrogens (tertiary/aromatic N) is 3. The fourth-order valence-corrected chi connectivity index (χ4v) is 1.64. The minimum Gasteiger partial charge on any atom is -0.320 e. The molecule has 1 amide bonds. The number of aromatic nitrogens is 3. The highest BCUT2D eigenvalue weighted by Gasteiger charge is 2.13. The third-order valence-corrected chi connectivity index (χ3v) is 2.82. The third kappa shape index (κ3) is 3.02. The molecule has 2 aromatic heterocycles. The molecule has 0 unspecified atom stereocenters. The van der Waals surface area contributed by atoms with Crippen LogP contribution in [0.25, 0.3) is 0 Å². The predicted molar refractivity (Wildman–Crippen MR) is 76.1 cm³/mol. The Morgan fingerprint density at radius 1 is 1.55 bits per heavy atom. The van der Waals surface area contributed by atoms with Gasteiger partial charge in [0, 0.05) is 24.5 Å². The fraction of sp³-hybridized carbons (Fsp3) is 0.214. The molecular formula is C14H15N5O. The highest BCUT2D eigenvalue weighted by atomic mass is 16.1. The monoisotopic (exact) mass is 269 g/mol. The maximum Gasteiger partial charge on any atom is 0.260 e. The van der Waals surface area contributed by atoms with Gasteiger partial charge in [-0.1, -0.05) is 11.8 Å². The molecule has 0 saturated heterocycles. The Labute approximate surface area is 117 Å². The molecule has 6 nitrogen and oxygen atoms in total. The number of hydrogen-bond acceptors (Lipinski definition) is 4. The van der Waals surface area contributed by atoms with E-state index in [0.29, 0.717) is 17.9 Å². The topological polar surface area (TPSA) is 85.8 Å². The molecule has 0 fully saturated rings. The van der Waals surface area contributed by atoms with Crippen molar-refractivity contribution < 1.29 is 4.79 Å². The van der Waals surface area contributed by atoms with E-state index >= 15 is 0 Å². The maximum atomic E-state index is 12.1. The van der Waals surface area contributed by atoms with Crippen molar-refractivity contribution in [1.29, 1.82) is 0 Å². The Kier molecular flexibility index (Phi) is 4.13. The van der Waals surface area contributed by atoms with Gasteiger partial charge in [-0.2, -0.15) is 5.10 Å². The van der Waals surface area contributed by atoms with Gasteiger partial charge in [0.05, 0.1) is 18.3 Å². The van der Waals surface area contributed by atoms with Crippen LogP contribution in [-0.2, 0) is 7.05 Å². The summed E-state index contributed by atoms with van der Waals surface area (Å²) in [6.45, 7) is 2.12. The molecule has 6 heteroatoms. The van der Waals surface area contributed by atoms with Gasteiger partial charge < -0.3 is 11.1 Å². The van der Waals surface area contributed by atoms with Gasteiger partial charge in [-0.15, -0.1) is 0 Å². The molecule has 2 heterocycles. The number of nitrogens with two attached hydrogens (primary N) is 1. The standard InChI is InChI=1S/C14H15N5O/c1-10-12(9-17-19(10)2)14(20)18-13-8-11(4-3-6-15)5-7-16-13/h5,7-9H,6,15H2,1-2H3,(H,16,18,20). The summed E-state index contributed by atoms with van der Waals surface area (Å²) in [5.41, 5.74) is 7.39. The average Bonchev–Trinajstić information content (AvgIpc) is 2.77. The Bertz CT molecular complexity index is 693. The largest absolute Gasteiger partial charge is 0.320 e. The molecule has 0 saturated carbocycles. The second kappa shape index (κ2) is 5.99. The molecular weight excluding hydrogens is 254 g/mol. The van der Waals surface area contributed by atoms with Crippen LogP contribution in [0.5, 0.6) is 0 Å². The fourth-order valence-electron chi connectivity index (χ4n) is 1.64. The van der Waals surface area contributed by atoms with Gasteiger partial charge in [-0.3, -0.25) is 9.48 Å². The number of amides is 1. The second-order valence-electron chi connectivity index (χ2n) is 4.16. The number of aryl methyl sites for hydroxylation is 1.